The summed E-state index contributed by atoms with van der Waals surface area (Å²) in [6.45, 7) is 9.73. The highest BCUT2D eigenvalue weighted by Gasteiger charge is 2.33. The van der Waals surface area contributed by atoms with E-state index in [1.54, 1.807) is 20.0 Å². The first-order chi connectivity index (χ1) is 14.5. The van der Waals surface area contributed by atoms with Gasteiger partial charge >= 0.3 is 6.09 Å². The van der Waals surface area contributed by atoms with Crippen molar-refractivity contribution in [3.8, 4) is 0 Å². The van der Waals surface area contributed by atoms with Crippen molar-refractivity contribution < 1.29 is 28.3 Å². The molecule has 172 valence electrons. The number of ether oxygens (including phenoxy) is 1. The Labute approximate surface area is 181 Å². The molecular formula is C21H32N4O6. The van der Waals surface area contributed by atoms with Gasteiger partial charge in [0.25, 0.3) is 5.91 Å². The largest absolute Gasteiger partial charge is 0.449 e. The number of aryl methyl sites for hydroxylation is 1. The molecule has 1 aliphatic heterocycles. The number of nitrogens with one attached hydrogen (secondary N) is 3. The Morgan fingerprint density at radius 3 is 2.68 bits per heavy atom. The SMILES string of the molecule is CC(C)C(NC(=O)OCC(C)(C)C)C(=O)NC1Cc2ncc(o2)CCCNC(=O)C1=O. The van der Waals surface area contributed by atoms with Gasteiger partial charge in [0, 0.05) is 13.0 Å². The van der Waals surface area contributed by atoms with Crippen LogP contribution in [-0.2, 0) is 32.0 Å². The highest BCUT2D eigenvalue weighted by Crippen LogP contribution is 2.14. The minimum Gasteiger partial charge on any atom is -0.449 e. The highest BCUT2D eigenvalue weighted by atomic mass is 16.5. The monoisotopic (exact) mass is 436 g/mol. The van der Waals surface area contributed by atoms with Crippen LogP contribution >= 0.6 is 0 Å². The number of hydrogen-bond donors (Lipinski definition) is 3. The molecule has 10 heteroatoms. The lowest BCUT2D eigenvalue weighted by atomic mass is 9.99. The Balaban J connectivity index is 2.12. The maximum Gasteiger partial charge on any atom is 0.407 e. The molecule has 3 amide bonds. The number of alkyl carbamates (subject to hydrolysis) is 1. The molecule has 1 aromatic rings. The molecule has 1 aliphatic rings. The quantitative estimate of drug-likeness (QED) is 0.588. The molecule has 2 heterocycles. The Hall–Kier alpha value is -2.91. The molecule has 0 spiro atoms. The fourth-order valence-electron chi connectivity index (χ4n) is 2.90. The van der Waals surface area contributed by atoms with E-state index in [4.69, 9.17) is 9.15 Å². The van der Waals surface area contributed by atoms with E-state index in [-0.39, 0.29) is 30.3 Å². The first kappa shape index (κ1) is 24.4. The lowest BCUT2D eigenvalue weighted by Gasteiger charge is -2.25. The zero-order chi connectivity index (χ0) is 23.2. The second-order valence-electron chi connectivity index (χ2n) is 9.21. The number of rotatable bonds is 5. The van der Waals surface area contributed by atoms with Gasteiger partial charge in [-0.15, -0.1) is 0 Å². The first-order valence-corrected chi connectivity index (χ1v) is 10.5. The lowest BCUT2D eigenvalue weighted by Crippen LogP contribution is -2.56. The molecular weight excluding hydrogens is 404 g/mol. The van der Waals surface area contributed by atoms with E-state index in [2.05, 4.69) is 20.9 Å². The standard InChI is InChI=1S/C21H32N4O6/c1-12(2)16(25-20(29)30-11-21(3,4)5)18(27)24-14-9-15-23-10-13(31-15)7-6-8-22-19(28)17(14)26/h10,12,14,16H,6-9,11H2,1-5H3,(H,22,28)(H,24,27)(H,25,29). The molecule has 2 atom stereocenters. The summed E-state index contributed by atoms with van der Waals surface area (Å²) in [6.07, 6.45) is 1.95. The molecule has 1 aromatic heterocycles. The Morgan fingerprint density at radius 2 is 2.03 bits per heavy atom. The normalized spacial score (nSPS) is 18.6. The van der Waals surface area contributed by atoms with Gasteiger partial charge in [-0.25, -0.2) is 9.78 Å². The van der Waals surface area contributed by atoms with Gasteiger partial charge in [0.05, 0.1) is 19.2 Å². The van der Waals surface area contributed by atoms with Gasteiger partial charge < -0.3 is 25.1 Å². The number of hydrogen-bond acceptors (Lipinski definition) is 7. The number of amides is 3. The van der Waals surface area contributed by atoms with Crippen molar-refractivity contribution in [1.82, 2.24) is 20.9 Å². The first-order valence-electron chi connectivity index (χ1n) is 10.5. The topological polar surface area (TPSA) is 140 Å². The molecule has 2 bridgehead atoms. The van der Waals surface area contributed by atoms with E-state index in [9.17, 15) is 19.2 Å². The van der Waals surface area contributed by atoms with E-state index in [0.29, 0.717) is 25.1 Å². The number of fused-ring (bicyclic) bond motifs is 2. The zero-order valence-corrected chi connectivity index (χ0v) is 18.7. The molecule has 0 saturated carbocycles. The maximum absolute atomic E-state index is 12.9. The third-order valence-corrected chi connectivity index (χ3v) is 4.58. The van der Waals surface area contributed by atoms with E-state index < -0.39 is 35.8 Å². The third-order valence-electron chi connectivity index (χ3n) is 4.58. The summed E-state index contributed by atoms with van der Waals surface area (Å²) < 4.78 is 10.8. The summed E-state index contributed by atoms with van der Waals surface area (Å²) in [5, 5.41) is 7.67. The van der Waals surface area contributed by atoms with E-state index in [1.807, 2.05) is 20.8 Å². The molecule has 2 rings (SSSR count). The predicted molar refractivity (Wildman–Crippen MR) is 111 cm³/mol. The zero-order valence-electron chi connectivity index (χ0n) is 18.7. The van der Waals surface area contributed by atoms with Crippen molar-refractivity contribution >= 4 is 23.7 Å². The van der Waals surface area contributed by atoms with Crippen LogP contribution in [0, 0.1) is 11.3 Å². The molecule has 3 N–H and O–H groups in total. The lowest BCUT2D eigenvalue weighted by molar-refractivity contribution is -0.140. The number of carbonyl (C=O) groups is 4. The number of carbonyl (C=O) groups excluding carboxylic acids is 4. The van der Waals surface area contributed by atoms with Crippen LogP contribution in [0.5, 0.6) is 0 Å². The Bertz CT molecular complexity index is 811. The molecule has 0 radical (unpaired) electrons. The molecule has 0 fully saturated rings. The fraction of sp³-hybridized carbons (Fsp3) is 0.667. The fourth-order valence-corrected chi connectivity index (χ4v) is 2.90. The summed E-state index contributed by atoms with van der Waals surface area (Å²) in [6, 6.07) is -2.13. The van der Waals surface area contributed by atoms with Crippen LogP contribution in [0.1, 0.15) is 52.7 Å². The summed E-state index contributed by atoms with van der Waals surface area (Å²) in [4.78, 5) is 54.0. The third kappa shape index (κ3) is 7.69. The average molecular weight is 437 g/mol. The minimum absolute atomic E-state index is 0.0721. The number of Topliss-reactive ketones (excluding diaryl/α,β-unsaturated/α-hetero) is 1. The highest BCUT2D eigenvalue weighted by molar-refractivity contribution is 6.38. The van der Waals surface area contributed by atoms with Gasteiger partial charge in [0.1, 0.15) is 17.8 Å². The number of aromatic nitrogens is 1. The average Bonchev–Trinajstić information content (AvgIpc) is 3.11. The molecule has 2 unspecified atom stereocenters. The van der Waals surface area contributed by atoms with Crippen LogP contribution in [0.3, 0.4) is 0 Å². The van der Waals surface area contributed by atoms with Gasteiger partial charge in [0.2, 0.25) is 11.7 Å². The van der Waals surface area contributed by atoms with Gasteiger partial charge in [-0.1, -0.05) is 34.6 Å². The van der Waals surface area contributed by atoms with Gasteiger partial charge in [0.15, 0.2) is 5.89 Å². The molecule has 0 aliphatic carbocycles. The molecule has 0 saturated heterocycles. The predicted octanol–water partition coefficient (Wildman–Crippen LogP) is 1.13. The van der Waals surface area contributed by atoms with Gasteiger partial charge in [-0.05, 0) is 17.8 Å². The van der Waals surface area contributed by atoms with Crippen molar-refractivity contribution in [2.45, 2.75) is 66.0 Å². The molecule has 31 heavy (non-hydrogen) atoms. The van der Waals surface area contributed by atoms with Crippen molar-refractivity contribution in [3.63, 3.8) is 0 Å². The second kappa shape index (κ2) is 10.4. The van der Waals surface area contributed by atoms with Crippen LogP contribution in [0.25, 0.3) is 0 Å². The number of ketones is 1. The van der Waals surface area contributed by atoms with Crippen molar-refractivity contribution in [3.05, 3.63) is 17.8 Å². The number of oxazole rings is 1. The Morgan fingerprint density at radius 1 is 1.32 bits per heavy atom. The van der Waals surface area contributed by atoms with Crippen molar-refractivity contribution in [1.29, 1.82) is 0 Å². The molecule has 10 nitrogen and oxygen atoms in total. The van der Waals surface area contributed by atoms with Crippen LogP contribution in [0.15, 0.2) is 10.6 Å². The summed E-state index contributed by atoms with van der Waals surface area (Å²) in [7, 11) is 0. The van der Waals surface area contributed by atoms with Crippen molar-refractivity contribution in [2.75, 3.05) is 13.2 Å². The summed E-state index contributed by atoms with van der Waals surface area (Å²) >= 11 is 0. The van der Waals surface area contributed by atoms with Crippen LogP contribution in [0.2, 0.25) is 0 Å². The minimum atomic E-state index is -1.18. The van der Waals surface area contributed by atoms with E-state index in [1.165, 1.54) is 0 Å². The van der Waals surface area contributed by atoms with E-state index >= 15 is 0 Å². The smallest absolute Gasteiger partial charge is 0.407 e. The maximum atomic E-state index is 12.9. The van der Waals surface area contributed by atoms with Gasteiger partial charge in [-0.3, -0.25) is 14.4 Å². The van der Waals surface area contributed by atoms with Crippen molar-refractivity contribution in [2.24, 2.45) is 11.3 Å². The van der Waals surface area contributed by atoms with Crippen LogP contribution in [-0.4, -0.2) is 53.9 Å². The van der Waals surface area contributed by atoms with Crippen LogP contribution in [0.4, 0.5) is 4.79 Å². The molecule has 0 aromatic carbocycles. The summed E-state index contributed by atoms with van der Waals surface area (Å²) in [5.41, 5.74) is -0.226. The Kier molecular flexibility index (Phi) is 8.18. The summed E-state index contributed by atoms with van der Waals surface area (Å²) in [5.74, 6) is -1.57. The number of nitrogens with zero attached hydrogens (tertiary/aromatic N) is 1. The second-order valence-corrected chi connectivity index (χ2v) is 9.21. The van der Waals surface area contributed by atoms with E-state index in [0.717, 1.165) is 0 Å². The van der Waals surface area contributed by atoms with Crippen LogP contribution < -0.4 is 16.0 Å². The van der Waals surface area contributed by atoms with Gasteiger partial charge in [-0.2, -0.15) is 0 Å².